The highest BCUT2D eigenvalue weighted by molar-refractivity contribution is 14.0. The molecule has 1 aliphatic heterocycles. The molecule has 2 N–H and O–H groups in total. The molecule has 2 rings (SSSR count). The summed E-state index contributed by atoms with van der Waals surface area (Å²) in [5, 5.41) is 6.88. The zero-order chi connectivity index (χ0) is 19.0. The van der Waals surface area contributed by atoms with E-state index in [9.17, 15) is 4.21 Å². The van der Waals surface area contributed by atoms with Crippen LogP contribution in [-0.2, 0) is 15.5 Å². The Kier molecular flexibility index (Phi) is 11.1. The molecule has 0 aromatic carbocycles. The molecule has 2 aliphatic rings. The van der Waals surface area contributed by atoms with Gasteiger partial charge in [-0.2, -0.15) is 0 Å². The van der Waals surface area contributed by atoms with Gasteiger partial charge in [-0.3, -0.25) is 14.1 Å². The van der Waals surface area contributed by atoms with E-state index in [0.717, 1.165) is 38.8 Å². The Balaban J connectivity index is 0.00000364. The number of aliphatic imine (C=N–C) groups is 1. The first-order valence-corrected chi connectivity index (χ1v) is 11.4. The van der Waals surface area contributed by atoms with E-state index in [0.29, 0.717) is 12.3 Å². The van der Waals surface area contributed by atoms with Gasteiger partial charge in [-0.05, 0) is 33.6 Å². The molecule has 6 nitrogen and oxygen atoms in total. The van der Waals surface area contributed by atoms with Crippen molar-refractivity contribution >= 4 is 40.7 Å². The van der Waals surface area contributed by atoms with Crippen molar-refractivity contribution in [3.05, 3.63) is 0 Å². The summed E-state index contributed by atoms with van der Waals surface area (Å²) >= 11 is 0. The fourth-order valence-electron chi connectivity index (χ4n) is 3.89. The van der Waals surface area contributed by atoms with Gasteiger partial charge < -0.3 is 15.4 Å². The van der Waals surface area contributed by atoms with Gasteiger partial charge in [-0.1, -0.05) is 19.3 Å². The molecule has 0 spiro atoms. The van der Waals surface area contributed by atoms with Gasteiger partial charge in [-0.15, -0.1) is 24.0 Å². The third kappa shape index (κ3) is 7.78. The molecule has 0 aromatic rings. The van der Waals surface area contributed by atoms with E-state index in [-0.39, 0.29) is 34.3 Å². The highest BCUT2D eigenvalue weighted by atomic mass is 127. The molecule has 0 aromatic heterocycles. The summed E-state index contributed by atoms with van der Waals surface area (Å²) in [6, 6.07) is 0. The molecule has 0 amide bonds. The maximum atomic E-state index is 12.2. The number of rotatable bonds is 6. The number of nitrogens with zero attached hydrogens (tertiary/aromatic N) is 2. The van der Waals surface area contributed by atoms with E-state index in [1.807, 2.05) is 20.8 Å². The van der Waals surface area contributed by atoms with Crippen LogP contribution in [0.1, 0.15) is 52.9 Å². The average molecular weight is 515 g/mol. The summed E-state index contributed by atoms with van der Waals surface area (Å²) in [4.78, 5) is 6.99. The standard InChI is InChI=1S/C19H38N4O2S.HI/c1-18(2,3)26(24)15-10-21-17(20-4)22-16-19(8-6-5-7-9-19)23-11-13-25-14-12-23;/h5-16H2,1-4H3,(H2,20,21,22);1H. The number of ether oxygens (including phenoxy) is 1. The minimum atomic E-state index is -0.844. The zero-order valence-corrected chi connectivity index (χ0v) is 20.7. The van der Waals surface area contributed by atoms with E-state index in [4.69, 9.17) is 4.74 Å². The molecule has 1 unspecified atom stereocenters. The number of hydrogen-bond acceptors (Lipinski definition) is 4. The molecule has 160 valence electrons. The van der Waals surface area contributed by atoms with Crippen LogP contribution in [0.5, 0.6) is 0 Å². The third-order valence-electron chi connectivity index (χ3n) is 5.54. The Morgan fingerprint density at radius 1 is 1.15 bits per heavy atom. The summed E-state index contributed by atoms with van der Waals surface area (Å²) in [5.74, 6) is 1.45. The quantitative estimate of drug-likeness (QED) is 0.324. The molecule has 1 saturated carbocycles. The van der Waals surface area contributed by atoms with Crippen LogP contribution < -0.4 is 10.6 Å². The lowest BCUT2D eigenvalue weighted by molar-refractivity contribution is -0.0352. The van der Waals surface area contributed by atoms with Crippen LogP contribution in [0.15, 0.2) is 4.99 Å². The first-order chi connectivity index (χ1) is 12.4. The van der Waals surface area contributed by atoms with Gasteiger partial charge >= 0.3 is 0 Å². The van der Waals surface area contributed by atoms with Crippen LogP contribution in [0.25, 0.3) is 0 Å². The molecule has 1 atom stereocenters. The second kappa shape index (κ2) is 11.9. The monoisotopic (exact) mass is 514 g/mol. The Bertz CT molecular complexity index is 485. The van der Waals surface area contributed by atoms with Gasteiger partial charge in [0.25, 0.3) is 0 Å². The number of guanidine groups is 1. The van der Waals surface area contributed by atoms with Crippen molar-refractivity contribution < 1.29 is 8.95 Å². The number of hydrogen-bond donors (Lipinski definition) is 2. The second-order valence-corrected chi connectivity index (χ2v) is 10.7. The summed E-state index contributed by atoms with van der Waals surface area (Å²) in [6.07, 6.45) is 6.43. The molecule has 1 heterocycles. The predicted molar refractivity (Wildman–Crippen MR) is 126 cm³/mol. The average Bonchev–Trinajstić information content (AvgIpc) is 2.65. The highest BCUT2D eigenvalue weighted by Gasteiger charge is 2.38. The van der Waals surface area contributed by atoms with E-state index < -0.39 is 10.8 Å². The topological polar surface area (TPSA) is 66.0 Å². The number of halogens is 1. The van der Waals surface area contributed by atoms with Crippen LogP contribution in [0.3, 0.4) is 0 Å². The molecule has 1 saturated heterocycles. The van der Waals surface area contributed by atoms with E-state index in [2.05, 4.69) is 20.5 Å². The smallest absolute Gasteiger partial charge is 0.191 e. The zero-order valence-electron chi connectivity index (χ0n) is 17.5. The van der Waals surface area contributed by atoms with Crippen molar-refractivity contribution in [1.82, 2.24) is 15.5 Å². The fraction of sp³-hybridized carbons (Fsp3) is 0.947. The minimum Gasteiger partial charge on any atom is -0.379 e. The first-order valence-electron chi connectivity index (χ1n) is 10.0. The molecule has 8 heteroatoms. The maximum absolute atomic E-state index is 12.2. The van der Waals surface area contributed by atoms with Crippen LogP contribution in [0, 0.1) is 0 Å². The van der Waals surface area contributed by atoms with Gasteiger partial charge in [0.05, 0.1) is 13.2 Å². The second-order valence-electron chi connectivity index (χ2n) is 8.40. The molecule has 1 aliphatic carbocycles. The van der Waals surface area contributed by atoms with Crippen molar-refractivity contribution in [3.8, 4) is 0 Å². The lowest BCUT2D eigenvalue weighted by Gasteiger charge is -2.48. The molecule has 2 fully saturated rings. The van der Waals surface area contributed by atoms with Crippen LogP contribution in [0.4, 0.5) is 0 Å². The van der Waals surface area contributed by atoms with E-state index in [1.165, 1.54) is 32.1 Å². The van der Waals surface area contributed by atoms with Crippen molar-refractivity contribution in [2.75, 3.05) is 52.2 Å². The molecule has 0 bridgehead atoms. The maximum Gasteiger partial charge on any atom is 0.191 e. The van der Waals surface area contributed by atoms with Crippen molar-refractivity contribution in [2.45, 2.75) is 63.2 Å². The summed E-state index contributed by atoms with van der Waals surface area (Å²) in [5.41, 5.74) is 0.216. The Labute approximate surface area is 185 Å². The van der Waals surface area contributed by atoms with Crippen LogP contribution >= 0.6 is 24.0 Å². The van der Waals surface area contributed by atoms with Gasteiger partial charge in [0.15, 0.2) is 5.96 Å². The van der Waals surface area contributed by atoms with Crippen molar-refractivity contribution in [3.63, 3.8) is 0 Å². The minimum absolute atomic E-state index is 0. The SMILES string of the molecule is CN=C(NCCS(=O)C(C)(C)C)NCC1(N2CCOCC2)CCCCC1.I. The predicted octanol–water partition coefficient (Wildman–Crippen LogP) is 2.35. The lowest BCUT2D eigenvalue weighted by atomic mass is 9.80. The van der Waals surface area contributed by atoms with Gasteiger partial charge in [-0.25, -0.2) is 0 Å². The fourth-order valence-corrected chi connectivity index (χ4v) is 4.79. The first kappa shape index (κ1) is 25.1. The van der Waals surface area contributed by atoms with Gasteiger partial charge in [0.1, 0.15) is 0 Å². The summed E-state index contributed by atoms with van der Waals surface area (Å²) in [6.45, 7) is 11.4. The Hall–Kier alpha value is 0.0700. The van der Waals surface area contributed by atoms with E-state index in [1.54, 1.807) is 7.05 Å². The Morgan fingerprint density at radius 2 is 1.78 bits per heavy atom. The summed E-state index contributed by atoms with van der Waals surface area (Å²) < 4.78 is 17.6. The Morgan fingerprint density at radius 3 is 2.33 bits per heavy atom. The highest BCUT2D eigenvalue weighted by Crippen LogP contribution is 2.33. The van der Waals surface area contributed by atoms with Crippen LogP contribution in [0.2, 0.25) is 0 Å². The van der Waals surface area contributed by atoms with Crippen molar-refractivity contribution in [2.24, 2.45) is 4.99 Å². The largest absolute Gasteiger partial charge is 0.379 e. The van der Waals surface area contributed by atoms with Gasteiger partial charge in [0.2, 0.25) is 0 Å². The molecule has 27 heavy (non-hydrogen) atoms. The van der Waals surface area contributed by atoms with Crippen molar-refractivity contribution in [1.29, 1.82) is 0 Å². The normalized spacial score (nSPS) is 22.6. The summed E-state index contributed by atoms with van der Waals surface area (Å²) in [7, 11) is 0.960. The molecular weight excluding hydrogens is 475 g/mol. The van der Waals surface area contributed by atoms with E-state index >= 15 is 0 Å². The molecular formula is C19H39IN4O2S. The van der Waals surface area contributed by atoms with Crippen LogP contribution in [-0.4, -0.2) is 77.5 Å². The molecule has 0 radical (unpaired) electrons. The number of nitrogens with one attached hydrogen (secondary N) is 2. The van der Waals surface area contributed by atoms with Gasteiger partial charge in [0, 0.05) is 60.1 Å². The lowest BCUT2D eigenvalue weighted by Crippen LogP contribution is -2.60. The third-order valence-corrected chi connectivity index (χ3v) is 7.48. The number of morpholine rings is 1.